The van der Waals surface area contributed by atoms with Gasteiger partial charge in [-0.25, -0.2) is 4.79 Å². The molecule has 1 atom stereocenters. The van der Waals surface area contributed by atoms with E-state index in [0.29, 0.717) is 12.1 Å². The molecule has 0 aliphatic heterocycles. The maximum atomic E-state index is 12.1. The van der Waals surface area contributed by atoms with E-state index in [4.69, 9.17) is 0 Å². The van der Waals surface area contributed by atoms with Crippen LogP contribution in [0.4, 0.5) is 0 Å². The summed E-state index contributed by atoms with van der Waals surface area (Å²) >= 11 is 0. The summed E-state index contributed by atoms with van der Waals surface area (Å²) in [5, 5.41) is 3.39. The maximum absolute atomic E-state index is 12.1. The largest absolute Gasteiger partial charge is 0.330 e. The van der Waals surface area contributed by atoms with Gasteiger partial charge in [-0.2, -0.15) is 0 Å². The highest BCUT2D eigenvalue weighted by Crippen LogP contribution is 2.16. The van der Waals surface area contributed by atoms with E-state index in [9.17, 15) is 9.59 Å². The number of nitrogens with zero attached hydrogens (tertiary/aromatic N) is 2. The number of hydrogen-bond donors (Lipinski definition) is 1. The van der Waals surface area contributed by atoms with Crippen molar-refractivity contribution in [1.82, 2.24) is 14.5 Å². The molecule has 0 radical (unpaired) electrons. The molecule has 0 amide bonds. The molecule has 2 aromatic rings. The van der Waals surface area contributed by atoms with Gasteiger partial charge < -0.3 is 9.88 Å². The van der Waals surface area contributed by atoms with Crippen LogP contribution in [0.25, 0.3) is 0 Å². The zero-order chi connectivity index (χ0) is 15.4. The van der Waals surface area contributed by atoms with Crippen LogP contribution in [0, 0.1) is 0 Å². The molecule has 5 nitrogen and oxygen atoms in total. The summed E-state index contributed by atoms with van der Waals surface area (Å²) in [6.07, 6.45) is 2.53. The molecule has 0 fully saturated rings. The van der Waals surface area contributed by atoms with E-state index in [2.05, 4.69) is 24.4 Å². The van der Waals surface area contributed by atoms with Crippen LogP contribution in [0.5, 0.6) is 0 Å². The number of nitrogens with one attached hydrogen (secondary N) is 1. The van der Waals surface area contributed by atoms with Crippen molar-refractivity contribution in [2.75, 3.05) is 0 Å². The Morgan fingerprint density at radius 3 is 2.43 bits per heavy atom. The molecule has 0 saturated carbocycles. The molecule has 0 bridgehead atoms. The van der Waals surface area contributed by atoms with Crippen molar-refractivity contribution in [3.63, 3.8) is 0 Å². The van der Waals surface area contributed by atoms with Gasteiger partial charge in [-0.05, 0) is 12.0 Å². The lowest BCUT2D eigenvalue weighted by Crippen LogP contribution is -2.39. The second kappa shape index (κ2) is 6.54. The fourth-order valence-electron chi connectivity index (χ4n) is 2.42. The van der Waals surface area contributed by atoms with Crippen molar-refractivity contribution in [1.29, 1.82) is 0 Å². The van der Waals surface area contributed by atoms with Gasteiger partial charge in [0.2, 0.25) is 0 Å². The van der Waals surface area contributed by atoms with Crippen LogP contribution in [-0.4, -0.2) is 9.13 Å². The molecular formula is C16H21N3O2. The molecular weight excluding hydrogens is 266 g/mol. The van der Waals surface area contributed by atoms with Gasteiger partial charge in [-0.3, -0.25) is 9.36 Å². The third kappa shape index (κ3) is 3.31. The summed E-state index contributed by atoms with van der Waals surface area (Å²) in [4.78, 5) is 23.8. The van der Waals surface area contributed by atoms with Crippen LogP contribution in [-0.2, 0) is 20.6 Å². The molecule has 1 N–H and O–H groups in total. The molecule has 0 aliphatic carbocycles. The fourth-order valence-corrected chi connectivity index (χ4v) is 2.42. The first kappa shape index (κ1) is 15.3. The minimum atomic E-state index is -0.307. The Bertz CT molecular complexity index is 717. The molecule has 1 aromatic carbocycles. The highest BCUT2D eigenvalue weighted by Gasteiger charge is 2.11. The van der Waals surface area contributed by atoms with Gasteiger partial charge in [-0.1, -0.05) is 37.3 Å². The molecule has 5 heteroatoms. The molecule has 21 heavy (non-hydrogen) atoms. The van der Waals surface area contributed by atoms with Gasteiger partial charge in [0.1, 0.15) is 0 Å². The Kier molecular flexibility index (Phi) is 4.75. The van der Waals surface area contributed by atoms with Crippen molar-refractivity contribution in [3.05, 3.63) is 68.5 Å². The average molecular weight is 287 g/mol. The van der Waals surface area contributed by atoms with Crippen LogP contribution in [0.2, 0.25) is 0 Å². The van der Waals surface area contributed by atoms with E-state index in [1.165, 1.54) is 17.2 Å². The summed E-state index contributed by atoms with van der Waals surface area (Å²) in [7, 11) is 3.16. The summed E-state index contributed by atoms with van der Waals surface area (Å²) < 4.78 is 2.57. The molecule has 1 unspecified atom stereocenters. The van der Waals surface area contributed by atoms with Gasteiger partial charge in [-0.15, -0.1) is 0 Å². The molecule has 2 rings (SSSR count). The van der Waals surface area contributed by atoms with E-state index < -0.39 is 0 Å². The van der Waals surface area contributed by atoms with Crippen LogP contribution >= 0.6 is 0 Å². The lowest BCUT2D eigenvalue weighted by atomic mass is 10.0. The number of benzene rings is 1. The fraction of sp³-hybridized carbons (Fsp3) is 0.375. The molecule has 1 aromatic heterocycles. The maximum Gasteiger partial charge on any atom is 0.330 e. The van der Waals surface area contributed by atoms with Gasteiger partial charge in [0, 0.05) is 38.4 Å². The molecule has 0 aliphatic rings. The molecule has 1 heterocycles. The Labute approximate surface area is 123 Å². The zero-order valence-electron chi connectivity index (χ0n) is 12.7. The smallest absolute Gasteiger partial charge is 0.306 e. The zero-order valence-corrected chi connectivity index (χ0v) is 12.7. The van der Waals surface area contributed by atoms with Gasteiger partial charge >= 0.3 is 5.69 Å². The second-order valence-corrected chi connectivity index (χ2v) is 5.16. The van der Waals surface area contributed by atoms with Crippen LogP contribution < -0.4 is 16.6 Å². The Balaban J connectivity index is 2.20. The SMILES string of the molecule is CCC(NCc1cn(C)c(=O)n(C)c1=O)c1ccccc1. The standard InChI is InChI=1S/C16H21N3O2/c1-4-14(12-8-6-5-7-9-12)17-10-13-11-18(2)16(21)19(3)15(13)20/h5-9,11,14,17H,4,10H2,1-3H3. The van der Waals surface area contributed by atoms with Crippen LogP contribution in [0.15, 0.2) is 46.1 Å². The van der Waals surface area contributed by atoms with Crippen LogP contribution in [0.1, 0.15) is 30.5 Å². The highest BCUT2D eigenvalue weighted by atomic mass is 16.2. The van der Waals surface area contributed by atoms with Crippen molar-refractivity contribution < 1.29 is 0 Å². The Hall–Kier alpha value is -2.14. The number of aryl methyl sites for hydroxylation is 1. The normalized spacial score (nSPS) is 12.3. The van der Waals surface area contributed by atoms with Gasteiger partial charge in [0.15, 0.2) is 0 Å². The Morgan fingerprint density at radius 2 is 1.81 bits per heavy atom. The van der Waals surface area contributed by atoms with Crippen molar-refractivity contribution in [3.8, 4) is 0 Å². The van der Waals surface area contributed by atoms with E-state index in [1.54, 1.807) is 13.2 Å². The number of rotatable bonds is 5. The van der Waals surface area contributed by atoms with Crippen LogP contribution in [0.3, 0.4) is 0 Å². The lowest BCUT2D eigenvalue weighted by molar-refractivity contribution is 0.511. The van der Waals surface area contributed by atoms with Crippen molar-refractivity contribution in [2.24, 2.45) is 14.1 Å². The first-order valence-electron chi connectivity index (χ1n) is 7.08. The average Bonchev–Trinajstić information content (AvgIpc) is 2.51. The van der Waals surface area contributed by atoms with E-state index in [-0.39, 0.29) is 17.3 Å². The molecule has 0 spiro atoms. The number of hydrogen-bond acceptors (Lipinski definition) is 3. The Morgan fingerprint density at radius 1 is 1.14 bits per heavy atom. The summed E-state index contributed by atoms with van der Waals surface area (Å²) in [6, 6.07) is 10.3. The minimum Gasteiger partial charge on any atom is -0.306 e. The van der Waals surface area contributed by atoms with Crippen molar-refractivity contribution >= 4 is 0 Å². The first-order valence-corrected chi connectivity index (χ1v) is 7.08. The number of aromatic nitrogens is 2. The summed E-state index contributed by atoms with van der Waals surface area (Å²) in [5.41, 5.74) is 1.24. The van der Waals surface area contributed by atoms with E-state index in [1.807, 2.05) is 18.2 Å². The molecule has 0 saturated heterocycles. The molecule has 112 valence electrons. The van der Waals surface area contributed by atoms with E-state index in [0.717, 1.165) is 11.0 Å². The minimum absolute atomic E-state index is 0.188. The van der Waals surface area contributed by atoms with Gasteiger partial charge in [0.25, 0.3) is 5.56 Å². The van der Waals surface area contributed by atoms with Gasteiger partial charge in [0.05, 0.1) is 0 Å². The predicted octanol–water partition coefficient (Wildman–Crippen LogP) is 1.32. The summed E-state index contributed by atoms with van der Waals surface area (Å²) in [5.74, 6) is 0. The second-order valence-electron chi connectivity index (χ2n) is 5.16. The van der Waals surface area contributed by atoms with E-state index >= 15 is 0 Å². The topological polar surface area (TPSA) is 56.0 Å². The third-order valence-electron chi connectivity index (χ3n) is 3.67. The lowest BCUT2D eigenvalue weighted by Gasteiger charge is -2.17. The summed E-state index contributed by atoms with van der Waals surface area (Å²) in [6.45, 7) is 2.54. The highest BCUT2D eigenvalue weighted by molar-refractivity contribution is 5.19. The van der Waals surface area contributed by atoms with Crippen molar-refractivity contribution in [2.45, 2.75) is 25.9 Å². The third-order valence-corrected chi connectivity index (χ3v) is 3.67. The quantitative estimate of drug-likeness (QED) is 0.902. The predicted molar refractivity (Wildman–Crippen MR) is 83.2 cm³/mol. The first-order chi connectivity index (χ1) is 10.0. The monoisotopic (exact) mass is 287 g/mol.